The van der Waals surface area contributed by atoms with Gasteiger partial charge >= 0.3 is 18.2 Å². The zero-order chi connectivity index (χ0) is 28.6. The molecule has 2 aromatic rings. The van der Waals surface area contributed by atoms with Crippen molar-refractivity contribution in [2.75, 3.05) is 20.2 Å². The molecular weight excluding hydrogens is 502 g/mol. The second-order valence-corrected chi connectivity index (χ2v) is 10.5. The summed E-state index contributed by atoms with van der Waals surface area (Å²) in [6.07, 6.45) is -0.851. The number of rotatable bonds is 7. The number of esters is 1. The number of carbonyl (C=O) groups is 4. The first-order chi connectivity index (χ1) is 18.4. The van der Waals surface area contributed by atoms with Crippen molar-refractivity contribution < 1.29 is 33.4 Å². The first-order valence-corrected chi connectivity index (χ1v) is 12.9. The minimum atomic E-state index is -1.29. The van der Waals surface area contributed by atoms with Crippen LogP contribution in [0.15, 0.2) is 54.6 Å². The summed E-state index contributed by atoms with van der Waals surface area (Å²) in [5, 5.41) is 5.75. The van der Waals surface area contributed by atoms with Crippen LogP contribution in [0.25, 0.3) is 0 Å². The van der Waals surface area contributed by atoms with E-state index in [-0.39, 0.29) is 32.5 Å². The molecule has 210 valence electrons. The van der Waals surface area contributed by atoms with Gasteiger partial charge in [0.05, 0.1) is 18.7 Å². The third-order valence-electron chi connectivity index (χ3n) is 6.43. The Bertz CT molecular complexity index is 1150. The van der Waals surface area contributed by atoms with Gasteiger partial charge < -0.3 is 29.7 Å². The molecular formula is C29H37N3O7. The molecule has 0 unspecified atom stereocenters. The van der Waals surface area contributed by atoms with Crippen LogP contribution in [-0.2, 0) is 25.6 Å². The van der Waals surface area contributed by atoms with Gasteiger partial charge in [-0.25, -0.2) is 14.4 Å². The second kappa shape index (κ2) is 12.6. The minimum Gasteiger partial charge on any atom is -0.465 e. The van der Waals surface area contributed by atoms with Gasteiger partial charge in [0.25, 0.3) is 0 Å². The van der Waals surface area contributed by atoms with E-state index in [2.05, 4.69) is 10.6 Å². The van der Waals surface area contributed by atoms with E-state index < -0.39 is 41.2 Å². The van der Waals surface area contributed by atoms with Crippen LogP contribution in [0.2, 0.25) is 0 Å². The number of amides is 3. The quantitative estimate of drug-likeness (QED) is 0.396. The van der Waals surface area contributed by atoms with Gasteiger partial charge in [-0.1, -0.05) is 42.5 Å². The topological polar surface area (TPSA) is 123 Å². The highest BCUT2D eigenvalue weighted by molar-refractivity contribution is 5.91. The fraction of sp³-hybridized carbons (Fsp3) is 0.448. The molecule has 2 N–H and O–H groups in total. The van der Waals surface area contributed by atoms with E-state index in [0.29, 0.717) is 5.56 Å². The lowest BCUT2D eigenvalue weighted by Crippen LogP contribution is -2.64. The lowest BCUT2D eigenvalue weighted by atomic mass is 9.86. The maximum absolute atomic E-state index is 13.6. The highest BCUT2D eigenvalue weighted by Gasteiger charge is 2.45. The van der Waals surface area contributed by atoms with Crippen molar-refractivity contribution in [1.29, 1.82) is 0 Å². The molecule has 0 spiro atoms. The molecule has 0 saturated carbocycles. The third kappa shape index (κ3) is 8.20. The van der Waals surface area contributed by atoms with E-state index in [1.54, 1.807) is 45.0 Å². The predicted octanol–water partition coefficient (Wildman–Crippen LogP) is 4.35. The molecule has 0 radical (unpaired) electrons. The van der Waals surface area contributed by atoms with Crippen molar-refractivity contribution in [3.05, 3.63) is 71.3 Å². The van der Waals surface area contributed by atoms with Crippen LogP contribution in [-0.4, -0.2) is 60.3 Å². The van der Waals surface area contributed by atoms with Crippen LogP contribution in [0, 0.1) is 0 Å². The summed E-state index contributed by atoms with van der Waals surface area (Å²) in [5.41, 5.74) is -0.00609. The standard InChI is InChI=1S/C29H37N3O7/c1-20(22-11-13-23(14-12-22)24(33)37-5)30-25(34)29(31-26(35)39-28(2,3)4)15-17-32(18-16-29)27(36)38-19-21-9-7-6-8-10-21/h6-14,20H,15-19H2,1-5H3,(H,30,34)(H,31,35)/t20-/m0/s1. The molecule has 1 atom stereocenters. The van der Waals surface area contributed by atoms with Crippen molar-refractivity contribution in [2.45, 2.75) is 64.3 Å². The molecule has 1 heterocycles. The number of likely N-dealkylation sites (tertiary alicyclic amines) is 1. The van der Waals surface area contributed by atoms with Crippen LogP contribution < -0.4 is 10.6 Å². The Labute approximate surface area is 229 Å². The number of benzene rings is 2. The third-order valence-corrected chi connectivity index (χ3v) is 6.43. The van der Waals surface area contributed by atoms with Gasteiger partial charge in [-0.3, -0.25) is 4.79 Å². The summed E-state index contributed by atoms with van der Waals surface area (Å²) in [5.74, 6) is -0.844. The van der Waals surface area contributed by atoms with Crippen LogP contribution >= 0.6 is 0 Å². The maximum Gasteiger partial charge on any atom is 0.410 e. The van der Waals surface area contributed by atoms with Crippen LogP contribution in [0.1, 0.15) is 68.1 Å². The average Bonchev–Trinajstić information content (AvgIpc) is 2.91. The number of hydrogen-bond donors (Lipinski definition) is 2. The molecule has 39 heavy (non-hydrogen) atoms. The van der Waals surface area contributed by atoms with Gasteiger partial charge in [0, 0.05) is 13.1 Å². The molecule has 0 bridgehead atoms. The smallest absolute Gasteiger partial charge is 0.410 e. The fourth-order valence-electron chi connectivity index (χ4n) is 4.23. The molecule has 0 aromatic heterocycles. The summed E-state index contributed by atoms with van der Waals surface area (Å²) >= 11 is 0. The Kier molecular flexibility index (Phi) is 9.56. The summed E-state index contributed by atoms with van der Waals surface area (Å²) in [6, 6.07) is 15.7. The van der Waals surface area contributed by atoms with Gasteiger partial charge in [-0.15, -0.1) is 0 Å². The molecule has 3 rings (SSSR count). The van der Waals surface area contributed by atoms with E-state index in [1.807, 2.05) is 37.3 Å². The van der Waals surface area contributed by atoms with Crippen molar-refractivity contribution in [3.63, 3.8) is 0 Å². The molecule has 1 aliphatic heterocycles. The van der Waals surface area contributed by atoms with Gasteiger partial charge in [0.1, 0.15) is 17.7 Å². The summed E-state index contributed by atoms with van der Waals surface area (Å²) in [4.78, 5) is 52.3. The van der Waals surface area contributed by atoms with Crippen LogP contribution in [0.3, 0.4) is 0 Å². The molecule has 1 fully saturated rings. The molecule has 10 nitrogen and oxygen atoms in total. The van der Waals surface area contributed by atoms with Gasteiger partial charge in [-0.2, -0.15) is 0 Å². The maximum atomic E-state index is 13.6. The SMILES string of the molecule is COC(=O)c1ccc([C@H](C)NC(=O)C2(NC(=O)OC(C)(C)C)CCN(C(=O)OCc3ccccc3)CC2)cc1. The zero-order valence-corrected chi connectivity index (χ0v) is 23.1. The van der Waals surface area contributed by atoms with Gasteiger partial charge in [-0.05, 0) is 63.8 Å². The first-order valence-electron chi connectivity index (χ1n) is 12.9. The zero-order valence-electron chi connectivity index (χ0n) is 23.1. The largest absolute Gasteiger partial charge is 0.465 e. The number of ether oxygens (including phenoxy) is 3. The lowest BCUT2D eigenvalue weighted by molar-refractivity contribution is -0.130. The van der Waals surface area contributed by atoms with E-state index in [4.69, 9.17) is 14.2 Å². The number of nitrogens with one attached hydrogen (secondary N) is 2. The number of piperidine rings is 1. The fourth-order valence-corrected chi connectivity index (χ4v) is 4.23. The average molecular weight is 540 g/mol. The molecule has 1 saturated heterocycles. The van der Waals surface area contributed by atoms with Gasteiger partial charge in [0.2, 0.25) is 5.91 Å². The Morgan fingerprint density at radius 3 is 2.15 bits per heavy atom. The lowest BCUT2D eigenvalue weighted by Gasteiger charge is -2.41. The van der Waals surface area contributed by atoms with Crippen molar-refractivity contribution >= 4 is 24.1 Å². The Hall–Kier alpha value is -4.08. The monoisotopic (exact) mass is 539 g/mol. The number of hydrogen-bond acceptors (Lipinski definition) is 7. The number of methoxy groups -OCH3 is 1. The van der Waals surface area contributed by atoms with E-state index in [0.717, 1.165) is 11.1 Å². The second-order valence-electron chi connectivity index (χ2n) is 10.5. The predicted molar refractivity (Wildman–Crippen MR) is 144 cm³/mol. The summed E-state index contributed by atoms with van der Waals surface area (Å²) in [6.45, 7) is 7.59. The molecule has 1 aliphatic rings. The van der Waals surface area contributed by atoms with E-state index in [9.17, 15) is 19.2 Å². The van der Waals surface area contributed by atoms with Crippen molar-refractivity contribution in [2.24, 2.45) is 0 Å². The van der Waals surface area contributed by atoms with E-state index >= 15 is 0 Å². The van der Waals surface area contributed by atoms with Crippen molar-refractivity contribution in [3.8, 4) is 0 Å². The molecule has 0 aliphatic carbocycles. The van der Waals surface area contributed by atoms with Crippen LogP contribution in [0.4, 0.5) is 9.59 Å². The molecule has 3 amide bonds. The number of alkyl carbamates (subject to hydrolysis) is 1. The first kappa shape index (κ1) is 29.5. The van der Waals surface area contributed by atoms with E-state index in [1.165, 1.54) is 12.0 Å². The highest BCUT2D eigenvalue weighted by Crippen LogP contribution is 2.26. The Balaban J connectivity index is 1.69. The highest BCUT2D eigenvalue weighted by atomic mass is 16.6. The molecule has 10 heteroatoms. The summed E-state index contributed by atoms with van der Waals surface area (Å²) in [7, 11) is 1.31. The summed E-state index contributed by atoms with van der Waals surface area (Å²) < 4.78 is 15.6. The van der Waals surface area contributed by atoms with Crippen LogP contribution in [0.5, 0.6) is 0 Å². The number of nitrogens with zero attached hydrogens (tertiary/aromatic N) is 1. The molecule has 2 aromatic carbocycles. The van der Waals surface area contributed by atoms with Crippen molar-refractivity contribution in [1.82, 2.24) is 15.5 Å². The number of carbonyl (C=O) groups excluding carboxylic acids is 4. The van der Waals surface area contributed by atoms with Gasteiger partial charge in [0.15, 0.2) is 0 Å². The Morgan fingerprint density at radius 1 is 0.974 bits per heavy atom. The minimum absolute atomic E-state index is 0.143. The normalized spacial score (nSPS) is 15.5. The Morgan fingerprint density at radius 2 is 1.59 bits per heavy atom.